The molecule has 0 saturated heterocycles. The van der Waals surface area contributed by atoms with Crippen LogP contribution in [0, 0.1) is 36.0 Å². The quantitative estimate of drug-likeness (QED) is 0.394. The molecule has 0 nitrogen and oxygen atoms in total. The molecule has 0 spiro atoms. The molecule has 2 rings (SSSR count). The Balaban J connectivity index is 2.83. The Bertz CT molecular complexity index is 638. The summed E-state index contributed by atoms with van der Waals surface area (Å²) in [5.41, 5.74) is -0.751. The van der Waals surface area contributed by atoms with Crippen molar-refractivity contribution in [3.05, 3.63) is 57.9 Å². The maximum Gasteiger partial charge on any atom is 0.200 e. The van der Waals surface area contributed by atoms with Gasteiger partial charge in [0.25, 0.3) is 0 Å². The maximum absolute atomic E-state index is 13.6. The van der Waals surface area contributed by atoms with Gasteiger partial charge in [-0.15, -0.1) is 0 Å². The van der Waals surface area contributed by atoms with Gasteiger partial charge in [0.1, 0.15) is 0 Å². The molecule has 0 atom stereocenters. The third-order valence-corrected chi connectivity index (χ3v) is 2.90. The zero-order valence-corrected chi connectivity index (χ0v) is 10.3. The molecule has 0 N–H and O–H groups in total. The monoisotopic (exact) mass is 292 g/mol. The lowest BCUT2D eigenvalue weighted by atomic mass is 9.99. The minimum Gasteiger partial charge on any atom is -0.203 e. The van der Waals surface area contributed by atoms with E-state index in [-0.39, 0.29) is 5.56 Å². The van der Waals surface area contributed by atoms with Crippen LogP contribution in [0.25, 0.3) is 11.1 Å². The summed E-state index contributed by atoms with van der Waals surface area (Å²) in [5, 5.41) is 0.296. The van der Waals surface area contributed by atoms with Crippen LogP contribution in [0.4, 0.5) is 22.0 Å². The Labute approximate surface area is 110 Å². The number of aryl methyl sites for hydroxylation is 1. The average molecular weight is 293 g/mol. The van der Waals surface area contributed by atoms with Gasteiger partial charge in [0, 0.05) is 5.02 Å². The molecule has 0 saturated carbocycles. The van der Waals surface area contributed by atoms with E-state index in [0.29, 0.717) is 10.6 Å². The zero-order chi connectivity index (χ0) is 14.3. The third kappa shape index (κ3) is 2.18. The van der Waals surface area contributed by atoms with Crippen molar-refractivity contribution < 1.29 is 22.0 Å². The van der Waals surface area contributed by atoms with Crippen molar-refractivity contribution in [3.8, 4) is 11.1 Å². The SMILES string of the molecule is Cc1cc(Cl)ccc1-c1c(F)c(F)c(F)c(F)c1F. The molecule has 0 aliphatic rings. The van der Waals surface area contributed by atoms with Crippen LogP contribution >= 0.6 is 11.6 Å². The van der Waals surface area contributed by atoms with E-state index < -0.39 is 34.6 Å². The predicted molar refractivity (Wildman–Crippen MR) is 61.4 cm³/mol. The summed E-state index contributed by atoms with van der Waals surface area (Å²) in [4.78, 5) is 0. The molecule has 0 heterocycles. The van der Waals surface area contributed by atoms with Gasteiger partial charge in [0.05, 0.1) is 5.56 Å². The lowest BCUT2D eigenvalue weighted by Gasteiger charge is -2.11. The Kier molecular flexibility index (Phi) is 3.49. The Morgan fingerprint density at radius 2 is 1.26 bits per heavy atom. The number of rotatable bonds is 1. The summed E-state index contributed by atoms with van der Waals surface area (Å²) in [6.45, 7) is 1.46. The standard InChI is InChI=1S/C13H6ClF5/c1-5-4-6(14)2-3-7(5)8-9(15)11(17)13(19)12(18)10(8)16/h2-4H,1H3. The molecule has 6 heteroatoms. The molecule has 0 amide bonds. The van der Waals surface area contributed by atoms with Crippen LogP contribution in [0.5, 0.6) is 0 Å². The van der Waals surface area contributed by atoms with Gasteiger partial charge in [0.2, 0.25) is 5.82 Å². The second-order valence-corrected chi connectivity index (χ2v) is 4.34. The number of benzene rings is 2. The van der Waals surface area contributed by atoms with Crippen LogP contribution in [0.3, 0.4) is 0 Å². The summed E-state index contributed by atoms with van der Waals surface area (Å²) in [6, 6.07) is 3.88. The highest BCUT2D eigenvalue weighted by Crippen LogP contribution is 2.34. The van der Waals surface area contributed by atoms with Crippen LogP contribution in [0.1, 0.15) is 5.56 Å². The molecule has 0 radical (unpaired) electrons. The van der Waals surface area contributed by atoms with Crippen LogP contribution in [0.15, 0.2) is 18.2 Å². The molecule has 19 heavy (non-hydrogen) atoms. The third-order valence-electron chi connectivity index (χ3n) is 2.67. The van der Waals surface area contributed by atoms with Gasteiger partial charge in [-0.2, -0.15) is 0 Å². The first-order valence-corrected chi connectivity index (χ1v) is 5.50. The van der Waals surface area contributed by atoms with Crippen molar-refractivity contribution in [2.45, 2.75) is 6.92 Å². The van der Waals surface area contributed by atoms with Crippen LogP contribution in [-0.4, -0.2) is 0 Å². The minimum absolute atomic E-state index is 0.0998. The van der Waals surface area contributed by atoms with E-state index in [9.17, 15) is 22.0 Å². The summed E-state index contributed by atoms with van der Waals surface area (Å²) in [6.07, 6.45) is 0. The van der Waals surface area contributed by atoms with Crippen molar-refractivity contribution in [1.29, 1.82) is 0 Å². The second-order valence-electron chi connectivity index (χ2n) is 3.90. The van der Waals surface area contributed by atoms with E-state index in [2.05, 4.69) is 0 Å². The summed E-state index contributed by atoms with van der Waals surface area (Å²) in [7, 11) is 0. The topological polar surface area (TPSA) is 0 Å². The van der Waals surface area contributed by atoms with Crippen molar-refractivity contribution in [2.24, 2.45) is 0 Å². The second kappa shape index (κ2) is 4.81. The lowest BCUT2D eigenvalue weighted by molar-refractivity contribution is 0.381. The van der Waals surface area contributed by atoms with E-state index in [1.165, 1.54) is 25.1 Å². The molecular formula is C13H6ClF5. The highest BCUT2D eigenvalue weighted by atomic mass is 35.5. The Hall–Kier alpha value is -1.62. The molecule has 0 fully saturated rings. The predicted octanol–water partition coefficient (Wildman–Crippen LogP) is 5.01. The molecule has 0 aliphatic heterocycles. The normalized spacial score (nSPS) is 10.9. The summed E-state index contributed by atoms with van der Waals surface area (Å²) < 4.78 is 66.4. The van der Waals surface area contributed by atoms with Gasteiger partial charge in [-0.3, -0.25) is 0 Å². The fraction of sp³-hybridized carbons (Fsp3) is 0.0769. The van der Waals surface area contributed by atoms with Gasteiger partial charge < -0.3 is 0 Å². The van der Waals surface area contributed by atoms with Crippen molar-refractivity contribution in [3.63, 3.8) is 0 Å². The average Bonchev–Trinajstić information content (AvgIpc) is 2.37. The van der Waals surface area contributed by atoms with E-state index >= 15 is 0 Å². The van der Waals surface area contributed by atoms with E-state index in [1.807, 2.05) is 0 Å². The number of halogens is 6. The minimum atomic E-state index is -2.18. The maximum atomic E-state index is 13.6. The van der Waals surface area contributed by atoms with Gasteiger partial charge in [0.15, 0.2) is 23.3 Å². The van der Waals surface area contributed by atoms with E-state index in [1.54, 1.807) is 0 Å². The lowest BCUT2D eigenvalue weighted by Crippen LogP contribution is -2.04. The largest absolute Gasteiger partial charge is 0.203 e. The Morgan fingerprint density at radius 1 is 0.789 bits per heavy atom. The van der Waals surface area contributed by atoms with Crippen LogP contribution in [-0.2, 0) is 0 Å². The van der Waals surface area contributed by atoms with Crippen LogP contribution in [0.2, 0.25) is 5.02 Å². The first-order valence-electron chi connectivity index (χ1n) is 5.12. The molecular weight excluding hydrogens is 287 g/mol. The summed E-state index contributed by atoms with van der Waals surface area (Å²) in [5.74, 6) is -9.83. The molecule has 0 bridgehead atoms. The Morgan fingerprint density at radius 3 is 1.74 bits per heavy atom. The summed E-state index contributed by atoms with van der Waals surface area (Å²) >= 11 is 5.68. The van der Waals surface area contributed by atoms with Gasteiger partial charge in [-0.25, -0.2) is 22.0 Å². The number of hydrogen-bond donors (Lipinski definition) is 0. The van der Waals surface area contributed by atoms with Gasteiger partial charge in [-0.05, 0) is 30.2 Å². The molecule has 2 aromatic rings. The molecule has 2 aromatic carbocycles. The fourth-order valence-corrected chi connectivity index (χ4v) is 1.98. The first-order chi connectivity index (χ1) is 8.84. The molecule has 100 valence electrons. The van der Waals surface area contributed by atoms with Gasteiger partial charge in [-0.1, -0.05) is 17.7 Å². The zero-order valence-electron chi connectivity index (χ0n) is 9.50. The first kappa shape index (κ1) is 13.8. The highest BCUT2D eigenvalue weighted by Gasteiger charge is 2.27. The van der Waals surface area contributed by atoms with Crippen molar-refractivity contribution in [2.75, 3.05) is 0 Å². The van der Waals surface area contributed by atoms with E-state index in [0.717, 1.165) is 0 Å². The van der Waals surface area contributed by atoms with Gasteiger partial charge >= 0.3 is 0 Å². The number of hydrogen-bond acceptors (Lipinski definition) is 0. The smallest absolute Gasteiger partial charge is 0.200 e. The highest BCUT2D eigenvalue weighted by molar-refractivity contribution is 6.30. The molecule has 0 aromatic heterocycles. The molecule has 0 unspecified atom stereocenters. The van der Waals surface area contributed by atoms with E-state index in [4.69, 9.17) is 11.6 Å². The van der Waals surface area contributed by atoms with Crippen molar-refractivity contribution >= 4 is 11.6 Å². The van der Waals surface area contributed by atoms with Crippen LogP contribution < -0.4 is 0 Å². The fourth-order valence-electron chi connectivity index (χ4n) is 1.75. The van der Waals surface area contributed by atoms with Crippen molar-refractivity contribution in [1.82, 2.24) is 0 Å². The molecule has 0 aliphatic carbocycles.